The van der Waals surface area contributed by atoms with E-state index in [9.17, 15) is 0 Å². The lowest BCUT2D eigenvalue weighted by Crippen LogP contribution is -2.52. The molecule has 0 aromatic heterocycles. The predicted octanol–water partition coefficient (Wildman–Crippen LogP) is -1.08. The van der Waals surface area contributed by atoms with Crippen LogP contribution in [0.4, 0.5) is 0 Å². The topological polar surface area (TPSA) is 58.7 Å². The number of aliphatic hydroxyl groups excluding tert-OH is 1. The van der Waals surface area contributed by atoms with E-state index >= 15 is 0 Å². The molecule has 0 radical (unpaired) electrons. The minimum Gasteiger partial charge on any atom is -0.394 e. The van der Waals surface area contributed by atoms with Crippen LogP contribution in [0.25, 0.3) is 0 Å². The first-order chi connectivity index (χ1) is 5.25. The molecule has 1 rings (SSSR count). The number of hydrogen-bond donors (Lipinski definition) is 2. The van der Waals surface area contributed by atoms with Crippen molar-refractivity contribution in [3.05, 3.63) is 0 Å². The lowest BCUT2D eigenvalue weighted by molar-refractivity contribution is 0.00538. The molecule has 0 aliphatic carbocycles. The number of ether oxygens (including phenoxy) is 1. The summed E-state index contributed by atoms with van der Waals surface area (Å²) in [7, 11) is 0. The van der Waals surface area contributed by atoms with Gasteiger partial charge in [0.05, 0.1) is 25.9 Å². The molecule has 3 N–H and O–H groups in total. The van der Waals surface area contributed by atoms with Gasteiger partial charge in [0, 0.05) is 6.54 Å². The summed E-state index contributed by atoms with van der Waals surface area (Å²) >= 11 is 4.80. The quantitative estimate of drug-likeness (QED) is 0.498. The van der Waals surface area contributed by atoms with Gasteiger partial charge in [0.2, 0.25) is 0 Å². The SMILES string of the molecule is NC(=S)N1CCOC[C@@H]1CO. The van der Waals surface area contributed by atoms with Crippen LogP contribution in [0.2, 0.25) is 0 Å². The molecule has 1 saturated heterocycles. The lowest BCUT2D eigenvalue weighted by Gasteiger charge is -2.34. The molecular formula is C6H12N2O2S. The van der Waals surface area contributed by atoms with Crippen LogP contribution in [-0.4, -0.2) is 47.5 Å². The van der Waals surface area contributed by atoms with Crippen LogP contribution in [0.1, 0.15) is 0 Å². The Morgan fingerprint density at radius 1 is 1.82 bits per heavy atom. The van der Waals surface area contributed by atoms with Gasteiger partial charge in [-0.05, 0) is 12.2 Å². The van der Waals surface area contributed by atoms with Crippen molar-refractivity contribution in [2.75, 3.05) is 26.4 Å². The fourth-order valence-electron chi connectivity index (χ4n) is 1.10. The Hall–Kier alpha value is -0.390. The van der Waals surface area contributed by atoms with E-state index in [1.165, 1.54) is 0 Å². The normalized spacial score (nSPS) is 25.2. The zero-order valence-corrected chi connectivity index (χ0v) is 7.01. The Balaban J connectivity index is 2.51. The molecule has 0 amide bonds. The highest BCUT2D eigenvalue weighted by Gasteiger charge is 2.22. The van der Waals surface area contributed by atoms with Gasteiger partial charge in [-0.2, -0.15) is 0 Å². The number of nitrogens with zero attached hydrogens (tertiary/aromatic N) is 1. The molecule has 1 aliphatic heterocycles. The molecule has 0 unspecified atom stereocenters. The van der Waals surface area contributed by atoms with Crippen molar-refractivity contribution in [3.63, 3.8) is 0 Å². The molecule has 0 bridgehead atoms. The maximum Gasteiger partial charge on any atom is 0.166 e. The average Bonchev–Trinajstić information content (AvgIpc) is 2.04. The number of hydrogen-bond acceptors (Lipinski definition) is 3. The standard InChI is InChI=1S/C6H12N2O2S/c7-6(11)8-1-2-10-4-5(8)3-9/h5,9H,1-4H2,(H2,7,11)/t5-/m0/s1. The van der Waals surface area contributed by atoms with E-state index in [0.717, 1.165) is 0 Å². The second kappa shape index (κ2) is 3.85. The van der Waals surface area contributed by atoms with Gasteiger partial charge in [0.25, 0.3) is 0 Å². The van der Waals surface area contributed by atoms with Crippen molar-refractivity contribution in [2.24, 2.45) is 5.73 Å². The van der Waals surface area contributed by atoms with Crippen molar-refractivity contribution >= 4 is 17.3 Å². The molecular weight excluding hydrogens is 164 g/mol. The van der Waals surface area contributed by atoms with Crippen molar-refractivity contribution < 1.29 is 9.84 Å². The first kappa shape index (κ1) is 8.70. The van der Waals surface area contributed by atoms with Gasteiger partial charge >= 0.3 is 0 Å². The fourth-order valence-corrected chi connectivity index (χ4v) is 1.34. The average molecular weight is 176 g/mol. The summed E-state index contributed by atoms with van der Waals surface area (Å²) in [6, 6.07) is -0.0544. The smallest absolute Gasteiger partial charge is 0.166 e. The van der Waals surface area contributed by atoms with Gasteiger partial charge in [-0.3, -0.25) is 0 Å². The molecule has 1 heterocycles. The maximum atomic E-state index is 8.87. The van der Waals surface area contributed by atoms with E-state index in [4.69, 9.17) is 27.8 Å². The highest BCUT2D eigenvalue weighted by Crippen LogP contribution is 2.05. The number of nitrogens with two attached hydrogens (primary N) is 1. The molecule has 64 valence electrons. The van der Waals surface area contributed by atoms with Crippen LogP contribution in [0.3, 0.4) is 0 Å². The summed E-state index contributed by atoms with van der Waals surface area (Å²) in [6.45, 7) is 1.86. The zero-order valence-electron chi connectivity index (χ0n) is 6.19. The third kappa shape index (κ3) is 2.02. The van der Waals surface area contributed by atoms with Gasteiger partial charge in [-0.15, -0.1) is 0 Å². The van der Waals surface area contributed by atoms with Crippen LogP contribution in [0.15, 0.2) is 0 Å². The van der Waals surface area contributed by atoms with Gasteiger partial charge in [0.1, 0.15) is 0 Å². The van der Waals surface area contributed by atoms with Crippen LogP contribution in [-0.2, 0) is 4.74 Å². The molecule has 0 aromatic carbocycles. The minimum absolute atomic E-state index is 0.0390. The summed E-state index contributed by atoms with van der Waals surface area (Å²) in [5, 5.41) is 9.21. The monoisotopic (exact) mass is 176 g/mol. The second-order valence-corrected chi connectivity index (χ2v) is 2.86. The number of aliphatic hydroxyl groups is 1. The zero-order chi connectivity index (χ0) is 8.27. The van der Waals surface area contributed by atoms with Crippen molar-refractivity contribution in [1.29, 1.82) is 0 Å². The van der Waals surface area contributed by atoms with E-state index in [1.54, 1.807) is 4.90 Å². The van der Waals surface area contributed by atoms with E-state index in [2.05, 4.69) is 0 Å². The number of rotatable bonds is 1. The Labute approximate surface area is 70.9 Å². The van der Waals surface area contributed by atoms with E-state index < -0.39 is 0 Å². The number of thiocarbonyl (C=S) groups is 1. The van der Waals surface area contributed by atoms with Crippen LogP contribution in [0, 0.1) is 0 Å². The molecule has 4 nitrogen and oxygen atoms in total. The van der Waals surface area contributed by atoms with Gasteiger partial charge < -0.3 is 20.5 Å². The summed E-state index contributed by atoms with van der Waals surface area (Å²) in [5.74, 6) is 0. The first-order valence-electron chi connectivity index (χ1n) is 3.50. The Morgan fingerprint density at radius 2 is 2.55 bits per heavy atom. The number of morpholine rings is 1. The van der Waals surface area contributed by atoms with Crippen LogP contribution >= 0.6 is 12.2 Å². The Bertz CT molecular complexity index is 154. The van der Waals surface area contributed by atoms with E-state index in [1.807, 2.05) is 0 Å². The Kier molecular flexibility index (Phi) is 3.04. The molecule has 0 spiro atoms. The third-order valence-corrected chi connectivity index (χ3v) is 1.96. The lowest BCUT2D eigenvalue weighted by atomic mass is 10.2. The highest BCUT2D eigenvalue weighted by molar-refractivity contribution is 7.80. The molecule has 1 atom stereocenters. The van der Waals surface area contributed by atoms with Crippen molar-refractivity contribution in [3.8, 4) is 0 Å². The molecule has 5 heteroatoms. The summed E-state index contributed by atoms with van der Waals surface area (Å²) in [5.41, 5.74) is 5.42. The van der Waals surface area contributed by atoms with Crippen molar-refractivity contribution in [1.82, 2.24) is 4.90 Å². The van der Waals surface area contributed by atoms with Gasteiger partial charge in [0.15, 0.2) is 5.11 Å². The molecule has 1 aliphatic rings. The van der Waals surface area contributed by atoms with E-state index in [0.29, 0.717) is 24.9 Å². The van der Waals surface area contributed by atoms with Gasteiger partial charge in [-0.25, -0.2) is 0 Å². The second-order valence-electron chi connectivity index (χ2n) is 2.44. The fraction of sp³-hybridized carbons (Fsp3) is 0.833. The molecule has 0 saturated carbocycles. The van der Waals surface area contributed by atoms with Gasteiger partial charge in [-0.1, -0.05) is 0 Å². The summed E-state index contributed by atoms with van der Waals surface area (Å²) in [4.78, 5) is 1.79. The minimum atomic E-state index is -0.0544. The van der Waals surface area contributed by atoms with E-state index in [-0.39, 0.29) is 12.6 Å². The highest BCUT2D eigenvalue weighted by atomic mass is 32.1. The summed E-state index contributed by atoms with van der Waals surface area (Å²) < 4.78 is 5.14. The first-order valence-corrected chi connectivity index (χ1v) is 3.91. The largest absolute Gasteiger partial charge is 0.394 e. The molecule has 1 fully saturated rings. The maximum absolute atomic E-state index is 8.87. The van der Waals surface area contributed by atoms with Crippen LogP contribution in [0.5, 0.6) is 0 Å². The third-order valence-electron chi connectivity index (χ3n) is 1.72. The molecule has 11 heavy (non-hydrogen) atoms. The molecule has 0 aromatic rings. The van der Waals surface area contributed by atoms with Crippen LogP contribution < -0.4 is 5.73 Å². The summed E-state index contributed by atoms with van der Waals surface area (Å²) in [6.07, 6.45) is 0. The Morgan fingerprint density at radius 3 is 3.00 bits per heavy atom. The van der Waals surface area contributed by atoms with Crippen molar-refractivity contribution in [2.45, 2.75) is 6.04 Å². The predicted molar refractivity (Wildman–Crippen MR) is 45.2 cm³/mol.